The lowest BCUT2D eigenvalue weighted by molar-refractivity contribution is 0.616. The van der Waals surface area contributed by atoms with E-state index in [1.165, 1.54) is 43.2 Å². The van der Waals surface area contributed by atoms with Gasteiger partial charge in [0.1, 0.15) is 5.82 Å². The molecular weight excluding hydrogens is 160 g/mol. The highest BCUT2D eigenvalue weighted by Gasteiger charge is 2.09. The fraction of sp³-hybridized carbons (Fsp3) is 0.545. The SMILES string of the molecule is Nc1nccc2c1CCCCCC2. The van der Waals surface area contributed by atoms with Gasteiger partial charge in [-0.1, -0.05) is 12.8 Å². The third kappa shape index (κ3) is 1.82. The molecule has 2 nitrogen and oxygen atoms in total. The number of nitrogens with two attached hydrogens (primary N) is 1. The van der Waals surface area contributed by atoms with Gasteiger partial charge in [0.15, 0.2) is 0 Å². The maximum atomic E-state index is 5.85. The van der Waals surface area contributed by atoms with Gasteiger partial charge in [-0.3, -0.25) is 0 Å². The van der Waals surface area contributed by atoms with Crippen LogP contribution in [-0.4, -0.2) is 4.98 Å². The fourth-order valence-corrected chi connectivity index (χ4v) is 2.04. The van der Waals surface area contributed by atoms with E-state index < -0.39 is 0 Å². The first kappa shape index (κ1) is 8.54. The molecule has 0 aromatic carbocycles. The quantitative estimate of drug-likeness (QED) is 0.659. The molecule has 0 radical (unpaired) electrons. The van der Waals surface area contributed by atoms with Crippen LogP contribution in [0, 0.1) is 0 Å². The molecule has 1 aliphatic carbocycles. The lowest BCUT2D eigenvalue weighted by Crippen LogP contribution is -2.05. The van der Waals surface area contributed by atoms with Crippen LogP contribution >= 0.6 is 0 Å². The van der Waals surface area contributed by atoms with Crippen molar-refractivity contribution >= 4 is 5.82 Å². The summed E-state index contributed by atoms with van der Waals surface area (Å²) in [5.74, 6) is 0.749. The van der Waals surface area contributed by atoms with Gasteiger partial charge in [-0.25, -0.2) is 4.98 Å². The topological polar surface area (TPSA) is 38.9 Å². The van der Waals surface area contributed by atoms with Gasteiger partial charge in [-0.2, -0.15) is 0 Å². The van der Waals surface area contributed by atoms with Crippen LogP contribution in [0.25, 0.3) is 0 Å². The van der Waals surface area contributed by atoms with Crippen molar-refractivity contribution in [2.45, 2.75) is 38.5 Å². The Balaban J connectivity index is 2.33. The summed E-state index contributed by atoms with van der Waals surface area (Å²) in [6, 6.07) is 2.12. The van der Waals surface area contributed by atoms with Gasteiger partial charge >= 0.3 is 0 Å². The number of anilines is 1. The van der Waals surface area contributed by atoms with Crippen LogP contribution in [-0.2, 0) is 12.8 Å². The Morgan fingerprint density at radius 2 is 1.85 bits per heavy atom. The number of fused-ring (bicyclic) bond motifs is 1. The van der Waals surface area contributed by atoms with E-state index >= 15 is 0 Å². The molecule has 1 aliphatic rings. The van der Waals surface area contributed by atoms with Crippen molar-refractivity contribution in [3.63, 3.8) is 0 Å². The highest BCUT2D eigenvalue weighted by Crippen LogP contribution is 2.22. The van der Waals surface area contributed by atoms with E-state index in [2.05, 4.69) is 11.1 Å². The molecule has 2 rings (SSSR count). The van der Waals surface area contributed by atoms with Crippen molar-refractivity contribution in [2.75, 3.05) is 5.73 Å². The second-order valence-electron chi connectivity index (χ2n) is 3.75. The molecule has 0 unspecified atom stereocenters. The van der Waals surface area contributed by atoms with Crippen molar-refractivity contribution < 1.29 is 0 Å². The molecule has 13 heavy (non-hydrogen) atoms. The molecule has 0 fully saturated rings. The zero-order chi connectivity index (χ0) is 9.10. The largest absolute Gasteiger partial charge is 0.383 e. The summed E-state index contributed by atoms with van der Waals surface area (Å²) in [5, 5.41) is 0. The number of pyridine rings is 1. The molecule has 1 aromatic heterocycles. The summed E-state index contributed by atoms with van der Waals surface area (Å²) in [5.41, 5.74) is 8.58. The van der Waals surface area contributed by atoms with E-state index in [1.54, 1.807) is 0 Å². The number of nitrogen functional groups attached to an aromatic ring is 1. The lowest BCUT2D eigenvalue weighted by atomic mass is 9.94. The third-order valence-electron chi connectivity index (χ3n) is 2.81. The summed E-state index contributed by atoms with van der Waals surface area (Å²) >= 11 is 0. The molecule has 70 valence electrons. The summed E-state index contributed by atoms with van der Waals surface area (Å²) in [4.78, 5) is 4.14. The Bertz CT molecular complexity index is 294. The maximum absolute atomic E-state index is 5.85. The summed E-state index contributed by atoms with van der Waals surface area (Å²) in [6.07, 6.45) is 9.40. The number of rotatable bonds is 0. The predicted octanol–water partition coefficient (Wildman–Crippen LogP) is 2.32. The van der Waals surface area contributed by atoms with Crippen LogP contribution in [0.15, 0.2) is 12.3 Å². The van der Waals surface area contributed by atoms with Crippen molar-refractivity contribution in [1.29, 1.82) is 0 Å². The first-order valence-electron chi connectivity index (χ1n) is 5.10. The average molecular weight is 176 g/mol. The van der Waals surface area contributed by atoms with E-state index in [1.807, 2.05) is 6.20 Å². The molecule has 0 bridgehead atoms. The number of nitrogens with zero attached hydrogens (tertiary/aromatic N) is 1. The molecule has 1 heterocycles. The molecule has 0 amide bonds. The minimum Gasteiger partial charge on any atom is -0.383 e. The van der Waals surface area contributed by atoms with Crippen LogP contribution in [0.5, 0.6) is 0 Å². The van der Waals surface area contributed by atoms with Crippen LogP contribution in [0.3, 0.4) is 0 Å². The zero-order valence-electron chi connectivity index (χ0n) is 7.92. The maximum Gasteiger partial charge on any atom is 0.126 e. The van der Waals surface area contributed by atoms with Crippen LogP contribution < -0.4 is 5.73 Å². The van der Waals surface area contributed by atoms with Crippen molar-refractivity contribution in [3.05, 3.63) is 23.4 Å². The number of hydrogen-bond acceptors (Lipinski definition) is 2. The van der Waals surface area contributed by atoms with Crippen LogP contribution in [0.1, 0.15) is 36.8 Å². The summed E-state index contributed by atoms with van der Waals surface area (Å²) in [6.45, 7) is 0. The van der Waals surface area contributed by atoms with E-state index in [0.717, 1.165) is 12.2 Å². The van der Waals surface area contributed by atoms with E-state index in [4.69, 9.17) is 5.73 Å². The smallest absolute Gasteiger partial charge is 0.126 e. The van der Waals surface area contributed by atoms with Crippen LogP contribution in [0.4, 0.5) is 5.82 Å². The molecule has 2 heteroatoms. The monoisotopic (exact) mass is 176 g/mol. The third-order valence-corrected chi connectivity index (χ3v) is 2.81. The first-order valence-corrected chi connectivity index (χ1v) is 5.10. The summed E-state index contributed by atoms with van der Waals surface area (Å²) < 4.78 is 0. The molecular formula is C11H16N2. The molecule has 0 saturated heterocycles. The molecule has 0 saturated carbocycles. The highest BCUT2D eigenvalue weighted by atomic mass is 14.8. The second-order valence-corrected chi connectivity index (χ2v) is 3.75. The van der Waals surface area contributed by atoms with E-state index in [0.29, 0.717) is 0 Å². The molecule has 0 aliphatic heterocycles. The number of hydrogen-bond donors (Lipinski definition) is 1. The minimum absolute atomic E-state index is 0.749. The van der Waals surface area contributed by atoms with Gasteiger partial charge in [-0.15, -0.1) is 0 Å². The van der Waals surface area contributed by atoms with Gasteiger partial charge in [-0.05, 0) is 42.9 Å². The number of aryl methyl sites for hydroxylation is 1. The molecule has 0 atom stereocenters. The van der Waals surface area contributed by atoms with Crippen molar-refractivity contribution in [1.82, 2.24) is 4.98 Å². The molecule has 0 spiro atoms. The standard InChI is InChI=1S/C11H16N2/c12-11-10-6-4-2-1-3-5-9(10)7-8-13-11/h7-8H,1-6H2,(H2,12,13). The highest BCUT2D eigenvalue weighted by molar-refractivity contribution is 5.44. The normalized spacial score (nSPS) is 17.2. The molecule has 2 N–H and O–H groups in total. The van der Waals surface area contributed by atoms with Gasteiger partial charge in [0.25, 0.3) is 0 Å². The Morgan fingerprint density at radius 3 is 2.69 bits per heavy atom. The minimum atomic E-state index is 0.749. The van der Waals surface area contributed by atoms with Crippen molar-refractivity contribution in [3.8, 4) is 0 Å². The fourth-order valence-electron chi connectivity index (χ4n) is 2.04. The average Bonchev–Trinajstić information content (AvgIpc) is 2.07. The number of aromatic nitrogens is 1. The van der Waals surface area contributed by atoms with Crippen molar-refractivity contribution in [2.24, 2.45) is 0 Å². The first-order chi connectivity index (χ1) is 6.38. The molecule has 1 aromatic rings. The Hall–Kier alpha value is -1.05. The van der Waals surface area contributed by atoms with Gasteiger partial charge < -0.3 is 5.73 Å². The van der Waals surface area contributed by atoms with Gasteiger partial charge in [0, 0.05) is 6.20 Å². The Kier molecular flexibility index (Phi) is 2.48. The predicted molar refractivity (Wildman–Crippen MR) is 54.5 cm³/mol. The van der Waals surface area contributed by atoms with E-state index in [-0.39, 0.29) is 0 Å². The van der Waals surface area contributed by atoms with Gasteiger partial charge in [0.05, 0.1) is 0 Å². The van der Waals surface area contributed by atoms with Gasteiger partial charge in [0.2, 0.25) is 0 Å². The van der Waals surface area contributed by atoms with E-state index in [9.17, 15) is 0 Å². The Labute approximate surface area is 79.2 Å². The second kappa shape index (κ2) is 3.77. The summed E-state index contributed by atoms with van der Waals surface area (Å²) in [7, 11) is 0. The zero-order valence-corrected chi connectivity index (χ0v) is 7.92. The lowest BCUT2D eigenvalue weighted by Gasteiger charge is -2.14. The van der Waals surface area contributed by atoms with Crippen LogP contribution in [0.2, 0.25) is 0 Å². The Morgan fingerprint density at radius 1 is 1.08 bits per heavy atom.